The van der Waals surface area contributed by atoms with E-state index in [-0.39, 0.29) is 6.10 Å². The number of rotatable bonds is 6. The molecule has 1 heterocycles. The highest BCUT2D eigenvalue weighted by Gasteiger charge is 2.20. The minimum atomic E-state index is -0.233. The Hall–Kier alpha value is 0.230. The average Bonchev–Trinajstić information content (AvgIpc) is 2.26. The first-order chi connectivity index (χ1) is 7.61. The number of hydrogen-bond acceptors (Lipinski definition) is 4. The molecule has 1 rings (SSSR count). The Kier molecular flexibility index (Phi) is 6.73. The monoisotopic (exact) mass is 246 g/mol. The van der Waals surface area contributed by atoms with Crippen LogP contribution in [0.3, 0.4) is 0 Å². The van der Waals surface area contributed by atoms with Crippen LogP contribution in [-0.2, 0) is 0 Å². The van der Waals surface area contributed by atoms with Gasteiger partial charge in [0.2, 0.25) is 0 Å². The van der Waals surface area contributed by atoms with Crippen molar-refractivity contribution in [2.75, 3.05) is 31.9 Å². The third-order valence-corrected chi connectivity index (χ3v) is 4.28. The van der Waals surface area contributed by atoms with E-state index in [1.807, 2.05) is 0 Å². The van der Waals surface area contributed by atoms with E-state index >= 15 is 0 Å². The van der Waals surface area contributed by atoms with Gasteiger partial charge in [0, 0.05) is 43.2 Å². The second kappa shape index (κ2) is 7.54. The minimum absolute atomic E-state index is 0.233. The molecule has 0 aliphatic carbocycles. The zero-order valence-electron chi connectivity index (χ0n) is 10.8. The quantitative estimate of drug-likeness (QED) is 0.737. The van der Waals surface area contributed by atoms with Crippen molar-refractivity contribution in [3.63, 3.8) is 0 Å². The smallest absolute Gasteiger partial charge is 0.0791 e. The molecular formula is C12H26N2OS. The highest BCUT2D eigenvalue weighted by atomic mass is 32.2. The molecule has 0 aromatic heterocycles. The highest BCUT2D eigenvalue weighted by molar-refractivity contribution is 8.00. The Balaban J connectivity index is 2.19. The molecule has 16 heavy (non-hydrogen) atoms. The van der Waals surface area contributed by atoms with Crippen molar-refractivity contribution >= 4 is 11.8 Å². The lowest BCUT2D eigenvalue weighted by molar-refractivity contribution is 0.111. The lowest BCUT2D eigenvalue weighted by atomic mass is 10.2. The molecule has 1 fully saturated rings. The van der Waals surface area contributed by atoms with E-state index in [0.29, 0.717) is 12.6 Å². The van der Waals surface area contributed by atoms with Crippen LogP contribution in [0.5, 0.6) is 0 Å². The molecule has 2 atom stereocenters. The summed E-state index contributed by atoms with van der Waals surface area (Å²) in [5.74, 6) is 1.21. The predicted molar refractivity (Wildman–Crippen MR) is 72.1 cm³/mol. The Bertz CT molecular complexity index is 190. The lowest BCUT2D eigenvalue weighted by Crippen LogP contribution is -2.45. The van der Waals surface area contributed by atoms with Gasteiger partial charge >= 0.3 is 0 Å². The molecule has 4 heteroatoms. The summed E-state index contributed by atoms with van der Waals surface area (Å²) >= 11 is 2.07. The maximum atomic E-state index is 9.90. The normalized spacial score (nSPS) is 24.9. The third kappa shape index (κ3) is 5.53. The van der Waals surface area contributed by atoms with Gasteiger partial charge in [0.25, 0.3) is 0 Å². The summed E-state index contributed by atoms with van der Waals surface area (Å²) in [4.78, 5) is 2.40. The first kappa shape index (κ1) is 14.3. The Morgan fingerprint density at radius 2 is 2.25 bits per heavy atom. The van der Waals surface area contributed by atoms with Crippen LogP contribution < -0.4 is 5.32 Å². The molecular weight excluding hydrogens is 220 g/mol. The SMILES string of the molecule is CCC1CN(CC(O)CNC(C)C)CCS1. The molecule has 0 bridgehead atoms. The number of aliphatic hydroxyl groups excluding tert-OH is 1. The number of nitrogens with one attached hydrogen (secondary N) is 1. The fraction of sp³-hybridized carbons (Fsp3) is 1.00. The second-order valence-corrected chi connectivity index (χ2v) is 6.29. The summed E-state index contributed by atoms with van der Waals surface area (Å²) in [6.07, 6.45) is 1.00. The van der Waals surface area contributed by atoms with E-state index < -0.39 is 0 Å². The number of β-amino-alcohol motifs (C(OH)–C–C–N with tert-alkyl or cyclic N) is 1. The van der Waals surface area contributed by atoms with E-state index in [2.05, 4.69) is 42.7 Å². The van der Waals surface area contributed by atoms with Crippen molar-refractivity contribution in [3.8, 4) is 0 Å². The molecule has 1 saturated heterocycles. The van der Waals surface area contributed by atoms with E-state index in [1.165, 1.54) is 12.2 Å². The van der Waals surface area contributed by atoms with Crippen molar-refractivity contribution in [2.24, 2.45) is 0 Å². The number of thioether (sulfide) groups is 1. The van der Waals surface area contributed by atoms with Crippen LogP contribution in [0.1, 0.15) is 27.2 Å². The highest BCUT2D eigenvalue weighted by Crippen LogP contribution is 2.20. The second-order valence-electron chi connectivity index (χ2n) is 4.88. The molecule has 0 amide bonds. The molecule has 0 aromatic rings. The fourth-order valence-corrected chi connectivity index (χ4v) is 3.18. The van der Waals surface area contributed by atoms with Crippen LogP contribution >= 0.6 is 11.8 Å². The largest absolute Gasteiger partial charge is 0.390 e. The molecule has 0 aromatic carbocycles. The minimum Gasteiger partial charge on any atom is -0.390 e. The van der Waals surface area contributed by atoms with Crippen LogP contribution in [0.4, 0.5) is 0 Å². The molecule has 96 valence electrons. The Labute approximate surface area is 104 Å². The van der Waals surface area contributed by atoms with Gasteiger partial charge in [-0.2, -0.15) is 11.8 Å². The number of hydrogen-bond donors (Lipinski definition) is 2. The molecule has 3 nitrogen and oxygen atoms in total. The summed E-state index contributed by atoms with van der Waals surface area (Å²) in [7, 11) is 0. The zero-order chi connectivity index (χ0) is 12.0. The van der Waals surface area contributed by atoms with Crippen molar-refractivity contribution in [3.05, 3.63) is 0 Å². The zero-order valence-corrected chi connectivity index (χ0v) is 11.6. The van der Waals surface area contributed by atoms with Crippen molar-refractivity contribution in [1.82, 2.24) is 10.2 Å². The average molecular weight is 246 g/mol. The van der Waals surface area contributed by atoms with Gasteiger partial charge in [0.1, 0.15) is 0 Å². The van der Waals surface area contributed by atoms with Gasteiger partial charge in [-0.05, 0) is 6.42 Å². The van der Waals surface area contributed by atoms with Gasteiger partial charge in [-0.25, -0.2) is 0 Å². The van der Waals surface area contributed by atoms with E-state index in [4.69, 9.17) is 0 Å². The van der Waals surface area contributed by atoms with Crippen molar-refractivity contribution in [2.45, 2.75) is 44.6 Å². The van der Waals surface area contributed by atoms with Crippen LogP contribution in [-0.4, -0.2) is 59.3 Å². The molecule has 1 aliphatic heterocycles. The maximum Gasteiger partial charge on any atom is 0.0791 e. The molecule has 1 aliphatic rings. The molecule has 0 radical (unpaired) electrons. The van der Waals surface area contributed by atoms with E-state index in [9.17, 15) is 5.11 Å². The molecule has 2 N–H and O–H groups in total. The number of nitrogens with zero attached hydrogens (tertiary/aromatic N) is 1. The molecule has 0 saturated carbocycles. The Morgan fingerprint density at radius 3 is 2.88 bits per heavy atom. The Morgan fingerprint density at radius 1 is 1.50 bits per heavy atom. The van der Waals surface area contributed by atoms with Crippen LogP contribution in [0, 0.1) is 0 Å². The topological polar surface area (TPSA) is 35.5 Å². The molecule has 2 unspecified atom stereocenters. The summed E-state index contributed by atoms with van der Waals surface area (Å²) in [6.45, 7) is 10.3. The van der Waals surface area contributed by atoms with Gasteiger partial charge < -0.3 is 10.4 Å². The first-order valence-electron chi connectivity index (χ1n) is 6.37. The van der Waals surface area contributed by atoms with E-state index in [0.717, 1.165) is 24.9 Å². The van der Waals surface area contributed by atoms with E-state index in [1.54, 1.807) is 0 Å². The molecule has 0 spiro atoms. The standard InChI is InChI=1S/C12H26N2OS/c1-4-12-9-14(5-6-16-12)8-11(15)7-13-10(2)3/h10-13,15H,4-9H2,1-3H3. The van der Waals surface area contributed by atoms with Gasteiger partial charge in [-0.15, -0.1) is 0 Å². The fourth-order valence-electron chi connectivity index (χ4n) is 1.93. The first-order valence-corrected chi connectivity index (χ1v) is 7.42. The summed E-state index contributed by atoms with van der Waals surface area (Å²) in [5.41, 5.74) is 0. The number of aliphatic hydroxyl groups is 1. The van der Waals surface area contributed by atoms with Crippen molar-refractivity contribution < 1.29 is 5.11 Å². The van der Waals surface area contributed by atoms with Crippen LogP contribution in [0.25, 0.3) is 0 Å². The van der Waals surface area contributed by atoms with Gasteiger partial charge in [0.15, 0.2) is 0 Å². The summed E-state index contributed by atoms with van der Waals surface area (Å²) in [5, 5.41) is 13.9. The van der Waals surface area contributed by atoms with Gasteiger partial charge in [0.05, 0.1) is 6.10 Å². The maximum absolute atomic E-state index is 9.90. The predicted octanol–water partition coefficient (Wildman–Crippen LogP) is 1.17. The van der Waals surface area contributed by atoms with Crippen molar-refractivity contribution in [1.29, 1.82) is 0 Å². The van der Waals surface area contributed by atoms with Gasteiger partial charge in [-0.1, -0.05) is 20.8 Å². The van der Waals surface area contributed by atoms with Crippen LogP contribution in [0.15, 0.2) is 0 Å². The van der Waals surface area contributed by atoms with Crippen LogP contribution in [0.2, 0.25) is 0 Å². The lowest BCUT2D eigenvalue weighted by Gasteiger charge is -2.33. The third-order valence-electron chi connectivity index (χ3n) is 2.91. The summed E-state index contributed by atoms with van der Waals surface area (Å²) in [6, 6.07) is 0.454. The van der Waals surface area contributed by atoms with Gasteiger partial charge in [-0.3, -0.25) is 4.90 Å². The summed E-state index contributed by atoms with van der Waals surface area (Å²) < 4.78 is 0.